The lowest BCUT2D eigenvalue weighted by atomic mass is 9.97. The fraction of sp³-hybridized carbons (Fsp3) is 0.797. The zero-order chi connectivity index (χ0) is 77.7. The number of amides is 6. The van der Waals surface area contributed by atoms with Crippen molar-refractivity contribution in [2.45, 2.75) is 150 Å². The summed E-state index contributed by atoms with van der Waals surface area (Å²) >= 11 is 1.31. The molecule has 1 aromatic rings. The van der Waals surface area contributed by atoms with Gasteiger partial charge in [0.25, 0.3) is 0 Å². The zero-order valence-corrected chi connectivity index (χ0v) is 62.7. The van der Waals surface area contributed by atoms with Crippen molar-refractivity contribution in [2.75, 3.05) is 178 Å². The number of aryl methyl sites for hydroxylation is 1. The van der Waals surface area contributed by atoms with E-state index in [-0.39, 0.29) is 214 Å². The first kappa shape index (κ1) is 93.8. The van der Waals surface area contributed by atoms with E-state index in [4.69, 9.17) is 70.8 Å². The SMILES string of the molecule is CC(=O)N[C@H]1[C@H](OCCOCCNC(=O)CCOCC(COCCC(=O)CNCCOCCO[C@H]2C[C@@H](O)[C@@H](O)[C@@H](CO)O2)(COCCC(=O)NCCOCCO[C@@H]2O[C@H](CO)[C@H](O)[C@H](O)[C@H]2NC(C)=O)NC(=O)CCOCCOCCNC(=O)CCc2ccc(OP(=O)(O)I)cc2)O[C@H](CO)[C@H](O)[C@@H]1O. The quantitative estimate of drug-likeness (QED) is 0.0164. The van der Waals surface area contributed by atoms with Gasteiger partial charge >= 0.3 is 5.24 Å². The highest BCUT2D eigenvalue weighted by molar-refractivity contribution is 14.2. The number of hydrogen-bond donors (Lipinski definition) is 17. The maximum atomic E-state index is 13.8. The minimum absolute atomic E-state index is 0.00560. The van der Waals surface area contributed by atoms with Gasteiger partial charge in [0, 0.05) is 78.6 Å². The summed E-state index contributed by atoms with van der Waals surface area (Å²) in [6, 6.07) is 4.16. The van der Waals surface area contributed by atoms with E-state index in [1.807, 2.05) is 0 Å². The highest BCUT2D eigenvalue weighted by Crippen LogP contribution is 2.51. The van der Waals surface area contributed by atoms with Gasteiger partial charge in [-0.1, -0.05) is 12.1 Å². The standard InChI is InChI=1S/C64H109IN7O33P/c1-41(76)70-55-60(87)58(85)48(36-74)103-62(55)100-31-28-94-23-15-68-51(81)10-19-97-39-64(38-96-17-9-44(78)34-66-13-21-92-27-30-99-54-33-46(79)57(84)47(35-73)102-54,40-98-20-11-52(82)69-16-24-95-29-32-101-63-56(71-42(2)77)61(88)59(86)49(37-75)104-63)72-53(83)12-18-91-25-26-93-22-14-67-50(80)8-5-43-3-6-45(7-4-43)105-106(65,89)90/h3-4,6-7,46-49,54-63,66,73-75,79,84-88H,5,8-40H2,1-2H3,(H,67,80)(H,68,81)(H,69,82)(H,70,76)(H,71,77)(H,72,83)(H,89,90)/t46-,47-,48-,49-,54-,55-,56-,57-,58+,59+,60-,61-,62-,63-/m1/s1. The van der Waals surface area contributed by atoms with Crippen molar-refractivity contribution in [3.8, 4) is 5.75 Å². The summed E-state index contributed by atoms with van der Waals surface area (Å²) in [5, 5.41) is 105. The molecule has 3 aliphatic heterocycles. The van der Waals surface area contributed by atoms with Gasteiger partial charge in [-0.3, -0.25) is 33.6 Å². The van der Waals surface area contributed by atoms with E-state index in [9.17, 15) is 89.0 Å². The molecule has 0 aliphatic carbocycles. The Hall–Kier alpha value is -4.53. The van der Waals surface area contributed by atoms with Crippen LogP contribution in [0.15, 0.2) is 24.3 Å². The molecule has 17 N–H and O–H groups in total. The summed E-state index contributed by atoms with van der Waals surface area (Å²) in [7, 11) is 0. The molecule has 3 saturated heterocycles. The maximum Gasteiger partial charge on any atom is 0.436 e. The van der Waals surface area contributed by atoms with Crippen LogP contribution in [0.2, 0.25) is 0 Å². The smallest absolute Gasteiger partial charge is 0.418 e. The normalized spacial score (nSPS) is 24.5. The molecule has 0 saturated carbocycles. The van der Waals surface area contributed by atoms with Gasteiger partial charge in [0.2, 0.25) is 35.4 Å². The van der Waals surface area contributed by atoms with Gasteiger partial charge in [0.15, 0.2) is 18.9 Å². The fourth-order valence-corrected chi connectivity index (χ4v) is 11.5. The van der Waals surface area contributed by atoms with Crippen molar-refractivity contribution in [3.05, 3.63) is 29.8 Å². The molecule has 0 radical (unpaired) electrons. The van der Waals surface area contributed by atoms with Crippen molar-refractivity contribution in [1.82, 2.24) is 37.2 Å². The molecule has 1 unspecified atom stereocenters. The van der Waals surface area contributed by atoms with E-state index in [2.05, 4.69) is 37.2 Å². The Bertz CT molecular complexity index is 2640. The molecule has 6 amide bonds. The second-order valence-electron chi connectivity index (χ2n) is 24.6. The third-order valence-electron chi connectivity index (χ3n) is 15.9. The third-order valence-corrected chi connectivity index (χ3v) is 16.9. The summed E-state index contributed by atoms with van der Waals surface area (Å²) < 4.78 is 95.9. The molecule has 0 spiro atoms. The molecule has 42 heteroatoms. The van der Waals surface area contributed by atoms with Crippen molar-refractivity contribution in [2.24, 2.45) is 0 Å². The second kappa shape index (κ2) is 53.4. The topological polar surface area (TPSA) is 562 Å². The molecule has 1 aromatic carbocycles. The van der Waals surface area contributed by atoms with Crippen molar-refractivity contribution in [1.29, 1.82) is 0 Å². The summed E-state index contributed by atoms with van der Waals surface area (Å²) in [6.07, 6.45) is -15.0. The van der Waals surface area contributed by atoms with E-state index < -0.39 is 146 Å². The highest BCUT2D eigenvalue weighted by Gasteiger charge is 2.47. The van der Waals surface area contributed by atoms with Crippen LogP contribution < -0.4 is 41.7 Å². The van der Waals surface area contributed by atoms with E-state index in [1.165, 1.54) is 48.0 Å². The van der Waals surface area contributed by atoms with Gasteiger partial charge < -0.3 is 159 Å². The number of carbonyl (C=O) groups excluding carboxylic acids is 7. The summed E-state index contributed by atoms with van der Waals surface area (Å²) in [5.41, 5.74) is -0.696. The van der Waals surface area contributed by atoms with Crippen molar-refractivity contribution in [3.63, 3.8) is 0 Å². The van der Waals surface area contributed by atoms with Crippen LogP contribution in [0.1, 0.15) is 57.9 Å². The molecule has 40 nitrogen and oxygen atoms in total. The van der Waals surface area contributed by atoms with Gasteiger partial charge in [-0.25, -0.2) is 4.57 Å². The monoisotopic (exact) mass is 1660 g/mol. The Labute approximate surface area is 626 Å². The number of ketones is 1. The van der Waals surface area contributed by atoms with Gasteiger partial charge in [-0.2, -0.15) is 0 Å². The number of aliphatic hydroxyl groups excluding tert-OH is 9. The van der Waals surface area contributed by atoms with Crippen molar-refractivity contribution < 1.29 is 160 Å². The number of hydrogen-bond acceptors (Lipinski definition) is 33. The number of Topliss-reactive ketones (excluding diaryl/α,β-unsaturated/α-hetero) is 1. The van der Waals surface area contributed by atoms with Crippen LogP contribution in [0, 0.1) is 0 Å². The molecule has 106 heavy (non-hydrogen) atoms. The molecule has 0 bridgehead atoms. The second-order valence-corrected chi connectivity index (χ2v) is 29.3. The maximum absolute atomic E-state index is 13.8. The average Bonchev–Trinajstić information content (AvgIpc) is 0.816. The molecule has 15 atom stereocenters. The lowest BCUT2D eigenvalue weighted by Gasteiger charge is -2.42. The van der Waals surface area contributed by atoms with E-state index >= 15 is 0 Å². The van der Waals surface area contributed by atoms with Crippen LogP contribution in [0.4, 0.5) is 0 Å². The number of ether oxygens (including phenoxy) is 14. The number of aliphatic hydroxyl groups is 9. The highest BCUT2D eigenvalue weighted by atomic mass is 127. The molecule has 4 rings (SSSR count). The van der Waals surface area contributed by atoms with Crippen LogP contribution in [0.3, 0.4) is 0 Å². The Balaban J connectivity index is 1.30. The van der Waals surface area contributed by atoms with Crippen molar-refractivity contribution >= 4 is 68.5 Å². The molecule has 3 aliphatic rings. The molecule has 3 heterocycles. The fourth-order valence-electron chi connectivity index (χ4n) is 10.4. The first-order valence-electron chi connectivity index (χ1n) is 34.8. The van der Waals surface area contributed by atoms with E-state index in [0.29, 0.717) is 6.42 Å². The number of halogens is 1. The molecule has 0 aromatic heterocycles. The Morgan fingerprint density at radius 1 is 0.491 bits per heavy atom. The molecular weight excluding hydrogens is 1550 g/mol. The Morgan fingerprint density at radius 2 is 0.896 bits per heavy atom. The summed E-state index contributed by atoms with van der Waals surface area (Å²) in [4.78, 5) is 98.3. The molecule has 610 valence electrons. The lowest BCUT2D eigenvalue weighted by Crippen LogP contribution is -2.64. The van der Waals surface area contributed by atoms with Gasteiger partial charge in [0.1, 0.15) is 78.0 Å². The first-order chi connectivity index (χ1) is 50.8. The van der Waals surface area contributed by atoms with Gasteiger partial charge in [0.05, 0.1) is 180 Å². The van der Waals surface area contributed by atoms with Crippen LogP contribution >= 0.6 is 27.3 Å². The summed E-state index contributed by atoms with van der Waals surface area (Å²) in [6.45, 7) is 0.269. The third kappa shape index (κ3) is 38.9. The van der Waals surface area contributed by atoms with Gasteiger partial charge in [-0.05, 0) is 24.1 Å². The van der Waals surface area contributed by atoms with Gasteiger partial charge in [-0.15, -0.1) is 0 Å². The van der Waals surface area contributed by atoms with E-state index in [1.54, 1.807) is 12.1 Å². The predicted octanol–water partition coefficient (Wildman–Crippen LogP) is -6.64. The number of rotatable bonds is 58. The number of benzene rings is 1. The van der Waals surface area contributed by atoms with Crippen LogP contribution in [-0.2, 0) is 111 Å². The Morgan fingerprint density at radius 3 is 1.36 bits per heavy atom. The lowest BCUT2D eigenvalue weighted by molar-refractivity contribution is -0.272. The van der Waals surface area contributed by atoms with Crippen LogP contribution in [0.5, 0.6) is 5.75 Å². The van der Waals surface area contributed by atoms with Crippen LogP contribution in [0.25, 0.3) is 0 Å². The van der Waals surface area contributed by atoms with Crippen LogP contribution in [-0.4, -0.2) is 362 Å². The number of carbonyl (C=O) groups is 7. The largest absolute Gasteiger partial charge is 0.436 e. The predicted molar refractivity (Wildman–Crippen MR) is 373 cm³/mol. The average molecular weight is 1660 g/mol. The summed E-state index contributed by atoms with van der Waals surface area (Å²) in [5.74, 6) is -2.73. The molecule has 3 fully saturated rings. The number of nitrogens with one attached hydrogen (secondary N) is 7. The minimum atomic E-state index is -3.74. The first-order valence-corrected chi connectivity index (χ1v) is 39.2. The zero-order valence-electron chi connectivity index (χ0n) is 59.6. The minimum Gasteiger partial charge on any atom is -0.418 e. The Kier molecular flexibility index (Phi) is 47.3. The molecular formula is C64H109IN7O33P. The van der Waals surface area contributed by atoms with E-state index in [0.717, 1.165) is 5.56 Å².